The van der Waals surface area contributed by atoms with E-state index in [1.54, 1.807) is 23.1 Å². The molecule has 0 spiro atoms. The highest BCUT2D eigenvalue weighted by Gasteiger charge is 2.10. The van der Waals surface area contributed by atoms with Gasteiger partial charge >= 0.3 is 0 Å². The molecule has 3 nitrogen and oxygen atoms in total. The molecule has 0 atom stereocenters. The van der Waals surface area contributed by atoms with E-state index >= 15 is 0 Å². The molecule has 0 radical (unpaired) electrons. The summed E-state index contributed by atoms with van der Waals surface area (Å²) in [7, 11) is 1.85. The van der Waals surface area contributed by atoms with Crippen molar-refractivity contribution in [1.82, 2.24) is 14.8 Å². The maximum absolute atomic E-state index is 13.2. The Balaban J connectivity index is 2.31. The Bertz CT molecular complexity index is 688. The molecule has 0 bridgehead atoms. The van der Waals surface area contributed by atoms with Crippen LogP contribution >= 0.6 is 0 Å². The van der Waals surface area contributed by atoms with Gasteiger partial charge in [0.2, 0.25) is 0 Å². The highest BCUT2D eigenvalue weighted by Crippen LogP contribution is 2.26. The lowest BCUT2D eigenvalue weighted by molar-refractivity contribution is 0.628. The minimum Gasteiger partial charge on any atom is -0.266 e. The molecule has 0 N–H and O–H groups in total. The van der Waals surface area contributed by atoms with E-state index in [1.165, 1.54) is 12.1 Å². The molecule has 0 aliphatic heterocycles. The van der Waals surface area contributed by atoms with Crippen molar-refractivity contribution < 1.29 is 4.39 Å². The molecule has 4 heteroatoms. The van der Waals surface area contributed by atoms with Crippen LogP contribution in [0.2, 0.25) is 0 Å². The van der Waals surface area contributed by atoms with Crippen LogP contribution in [-0.2, 0) is 7.05 Å². The number of aryl methyl sites for hydroxylation is 1. The molecule has 3 aromatic rings. The minimum absolute atomic E-state index is 0.254. The zero-order valence-corrected chi connectivity index (χ0v) is 9.26. The molecule has 84 valence electrons. The van der Waals surface area contributed by atoms with E-state index in [2.05, 4.69) is 10.1 Å². The van der Waals surface area contributed by atoms with E-state index in [-0.39, 0.29) is 5.82 Å². The van der Waals surface area contributed by atoms with Gasteiger partial charge in [-0.1, -0.05) is 12.1 Å². The number of fused-ring (bicyclic) bond motifs is 1. The van der Waals surface area contributed by atoms with Gasteiger partial charge in [-0.25, -0.2) is 4.39 Å². The number of halogens is 1. The molecule has 0 aliphatic rings. The van der Waals surface area contributed by atoms with E-state index in [4.69, 9.17) is 0 Å². The van der Waals surface area contributed by atoms with Gasteiger partial charge in [0.05, 0.1) is 11.7 Å². The van der Waals surface area contributed by atoms with E-state index in [9.17, 15) is 4.39 Å². The van der Waals surface area contributed by atoms with Gasteiger partial charge < -0.3 is 0 Å². The standard InChI is InChI=1S/C13H10FN3/c1-17-12-8-15-6-5-11(12)13(16-17)9-3-2-4-10(14)7-9/h2-8H,1H3. The zero-order valence-electron chi connectivity index (χ0n) is 9.26. The van der Waals surface area contributed by atoms with Gasteiger partial charge in [-0.15, -0.1) is 0 Å². The molecule has 0 saturated carbocycles. The van der Waals surface area contributed by atoms with Crippen molar-refractivity contribution in [3.8, 4) is 11.3 Å². The van der Waals surface area contributed by atoms with Crippen molar-refractivity contribution in [1.29, 1.82) is 0 Å². The van der Waals surface area contributed by atoms with E-state index in [0.717, 1.165) is 22.2 Å². The number of hydrogen-bond donors (Lipinski definition) is 0. The fourth-order valence-corrected chi connectivity index (χ4v) is 1.95. The first kappa shape index (κ1) is 9.96. The van der Waals surface area contributed by atoms with Crippen LogP contribution in [0.3, 0.4) is 0 Å². The molecular weight excluding hydrogens is 217 g/mol. The molecule has 0 fully saturated rings. The average Bonchev–Trinajstić information content (AvgIpc) is 2.68. The van der Waals surface area contributed by atoms with E-state index in [0.29, 0.717) is 0 Å². The summed E-state index contributed by atoms with van der Waals surface area (Å²) < 4.78 is 15.0. The van der Waals surface area contributed by atoms with Gasteiger partial charge in [-0.2, -0.15) is 5.10 Å². The summed E-state index contributed by atoms with van der Waals surface area (Å²) in [5.41, 5.74) is 2.50. The lowest BCUT2D eigenvalue weighted by atomic mass is 10.1. The van der Waals surface area contributed by atoms with Crippen molar-refractivity contribution >= 4 is 10.9 Å². The van der Waals surface area contributed by atoms with Crippen molar-refractivity contribution in [3.05, 3.63) is 48.5 Å². The molecule has 0 amide bonds. The van der Waals surface area contributed by atoms with Crippen LogP contribution in [0.4, 0.5) is 4.39 Å². The summed E-state index contributed by atoms with van der Waals surface area (Å²) >= 11 is 0. The second kappa shape index (κ2) is 3.66. The molecule has 0 aliphatic carbocycles. The summed E-state index contributed by atoms with van der Waals surface area (Å²) in [6, 6.07) is 8.35. The molecule has 17 heavy (non-hydrogen) atoms. The number of aromatic nitrogens is 3. The average molecular weight is 227 g/mol. The normalized spacial score (nSPS) is 10.9. The number of pyridine rings is 1. The summed E-state index contributed by atoms with van der Waals surface area (Å²) in [4.78, 5) is 4.06. The fraction of sp³-hybridized carbons (Fsp3) is 0.0769. The van der Waals surface area contributed by atoms with Crippen molar-refractivity contribution in [2.45, 2.75) is 0 Å². The largest absolute Gasteiger partial charge is 0.266 e. The first-order chi connectivity index (χ1) is 8.25. The van der Waals surface area contributed by atoms with Crippen LogP contribution in [0.5, 0.6) is 0 Å². The molecule has 2 aromatic heterocycles. The lowest BCUT2D eigenvalue weighted by Crippen LogP contribution is -1.90. The third-order valence-electron chi connectivity index (χ3n) is 2.75. The molecule has 2 heterocycles. The maximum Gasteiger partial charge on any atom is 0.123 e. The van der Waals surface area contributed by atoms with E-state index in [1.807, 2.05) is 19.2 Å². The third kappa shape index (κ3) is 1.58. The van der Waals surface area contributed by atoms with E-state index < -0.39 is 0 Å². The fourth-order valence-electron chi connectivity index (χ4n) is 1.95. The van der Waals surface area contributed by atoms with Gasteiger partial charge in [-0.3, -0.25) is 9.67 Å². The number of rotatable bonds is 1. The summed E-state index contributed by atoms with van der Waals surface area (Å²) in [5, 5.41) is 5.39. The van der Waals surface area contributed by atoms with Gasteiger partial charge in [0.25, 0.3) is 0 Å². The van der Waals surface area contributed by atoms with Crippen LogP contribution in [0, 0.1) is 5.82 Å². The van der Waals surface area contributed by atoms with Crippen molar-refractivity contribution in [2.75, 3.05) is 0 Å². The lowest BCUT2D eigenvalue weighted by Gasteiger charge is -1.97. The van der Waals surface area contributed by atoms with Gasteiger partial charge in [0.1, 0.15) is 11.5 Å². The second-order valence-electron chi connectivity index (χ2n) is 3.88. The Labute approximate surface area is 97.5 Å². The van der Waals surface area contributed by atoms with Gasteiger partial charge in [-0.05, 0) is 18.2 Å². The minimum atomic E-state index is -0.254. The smallest absolute Gasteiger partial charge is 0.123 e. The zero-order chi connectivity index (χ0) is 11.8. The van der Waals surface area contributed by atoms with Gasteiger partial charge in [0, 0.05) is 24.2 Å². The first-order valence-corrected chi connectivity index (χ1v) is 5.28. The Hall–Kier alpha value is -2.23. The Kier molecular flexibility index (Phi) is 2.14. The van der Waals surface area contributed by atoms with Crippen LogP contribution in [0.15, 0.2) is 42.7 Å². The topological polar surface area (TPSA) is 30.7 Å². The predicted molar refractivity (Wildman–Crippen MR) is 63.9 cm³/mol. The van der Waals surface area contributed by atoms with Crippen molar-refractivity contribution in [2.24, 2.45) is 7.05 Å². The van der Waals surface area contributed by atoms with Crippen LogP contribution in [-0.4, -0.2) is 14.8 Å². The molecule has 3 rings (SSSR count). The molecular formula is C13H10FN3. The maximum atomic E-state index is 13.2. The first-order valence-electron chi connectivity index (χ1n) is 5.28. The third-order valence-corrected chi connectivity index (χ3v) is 2.75. The summed E-state index contributed by atoms with van der Waals surface area (Å²) in [6.07, 6.45) is 3.47. The Morgan fingerprint density at radius 2 is 2.12 bits per heavy atom. The highest BCUT2D eigenvalue weighted by atomic mass is 19.1. The summed E-state index contributed by atoms with van der Waals surface area (Å²) in [5.74, 6) is -0.254. The Morgan fingerprint density at radius 3 is 2.94 bits per heavy atom. The second-order valence-corrected chi connectivity index (χ2v) is 3.88. The SMILES string of the molecule is Cn1nc(-c2cccc(F)c2)c2ccncc21. The van der Waals surface area contributed by atoms with Crippen LogP contribution in [0.1, 0.15) is 0 Å². The number of hydrogen-bond acceptors (Lipinski definition) is 2. The van der Waals surface area contributed by atoms with Crippen molar-refractivity contribution in [3.63, 3.8) is 0 Å². The molecule has 1 aromatic carbocycles. The number of benzene rings is 1. The Morgan fingerprint density at radius 1 is 1.24 bits per heavy atom. The molecule has 0 unspecified atom stereocenters. The summed E-state index contributed by atoms with van der Waals surface area (Å²) in [6.45, 7) is 0. The quantitative estimate of drug-likeness (QED) is 0.640. The number of nitrogens with zero attached hydrogens (tertiary/aromatic N) is 3. The highest BCUT2D eigenvalue weighted by molar-refractivity contribution is 5.92. The predicted octanol–water partition coefficient (Wildman–Crippen LogP) is 2.77. The molecule has 0 saturated heterocycles. The van der Waals surface area contributed by atoms with Crippen LogP contribution < -0.4 is 0 Å². The van der Waals surface area contributed by atoms with Gasteiger partial charge in [0.15, 0.2) is 0 Å². The van der Waals surface area contributed by atoms with Crippen LogP contribution in [0.25, 0.3) is 22.2 Å². The monoisotopic (exact) mass is 227 g/mol.